The number of hydrazine groups is 2. The molecule has 6 N–H and O–H groups in total. The molecule has 2 aromatic carbocycles. The molecule has 0 aromatic heterocycles. The third-order valence-corrected chi connectivity index (χ3v) is 3.08. The van der Waals surface area contributed by atoms with Gasteiger partial charge < -0.3 is 0 Å². The van der Waals surface area contributed by atoms with E-state index in [-0.39, 0.29) is 5.78 Å². The van der Waals surface area contributed by atoms with Crippen LogP contribution in [0.1, 0.15) is 36.6 Å². The molecule has 2 rings (SSSR count). The zero-order valence-electron chi connectivity index (χ0n) is 11.5. The lowest BCUT2D eigenvalue weighted by molar-refractivity contribution is 0.0945. The molecule has 0 heterocycles. The van der Waals surface area contributed by atoms with Gasteiger partial charge in [-0.2, -0.15) is 0 Å². The summed E-state index contributed by atoms with van der Waals surface area (Å²) >= 11 is 0. The number of carbonyl (C=O) groups is 3. The maximum Gasteiger partial charge on any atom is 0.265 e. The molecule has 22 heavy (non-hydrogen) atoms. The SMILES string of the molecule is NNC(=O)c1ccc(C(=O)c2ccc(C(=O)NN)cc2)cc1. The Morgan fingerprint density at radius 1 is 0.591 bits per heavy atom. The number of rotatable bonds is 4. The van der Waals surface area contributed by atoms with Gasteiger partial charge in [0.1, 0.15) is 0 Å². The van der Waals surface area contributed by atoms with Gasteiger partial charge in [0, 0.05) is 22.3 Å². The van der Waals surface area contributed by atoms with Crippen LogP contribution in [0.4, 0.5) is 0 Å². The molecular formula is C15H14N4O3. The Labute approximate surface area is 126 Å². The predicted molar refractivity (Wildman–Crippen MR) is 79.6 cm³/mol. The first-order chi connectivity index (χ1) is 10.6. The number of carbonyl (C=O) groups excluding carboxylic acids is 3. The van der Waals surface area contributed by atoms with Crippen molar-refractivity contribution in [2.24, 2.45) is 11.7 Å². The van der Waals surface area contributed by atoms with E-state index in [1.54, 1.807) is 0 Å². The van der Waals surface area contributed by atoms with E-state index < -0.39 is 11.8 Å². The molecule has 0 bridgehead atoms. The lowest BCUT2D eigenvalue weighted by atomic mass is 10.0. The van der Waals surface area contributed by atoms with Crippen molar-refractivity contribution in [2.75, 3.05) is 0 Å². The highest BCUT2D eigenvalue weighted by Crippen LogP contribution is 2.12. The van der Waals surface area contributed by atoms with Crippen molar-refractivity contribution in [1.29, 1.82) is 0 Å². The fourth-order valence-electron chi connectivity index (χ4n) is 1.88. The van der Waals surface area contributed by atoms with E-state index >= 15 is 0 Å². The highest BCUT2D eigenvalue weighted by atomic mass is 16.2. The number of amides is 2. The summed E-state index contributed by atoms with van der Waals surface area (Å²) in [5.41, 5.74) is 5.58. The summed E-state index contributed by atoms with van der Waals surface area (Å²) in [5.74, 6) is 8.98. The molecule has 2 aromatic rings. The largest absolute Gasteiger partial charge is 0.290 e. The van der Waals surface area contributed by atoms with Crippen LogP contribution < -0.4 is 22.5 Å². The summed E-state index contributed by atoms with van der Waals surface area (Å²) in [4.78, 5) is 34.9. The fraction of sp³-hybridized carbons (Fsp3) is 0. The Morgan fingerprint density at radius 2 is 0.864 bits per heavy atom. The lowest BCUT2D eigenvalue weighted by Gasteiger charge is -2.04. The van der Waals surface area contributed by atoms with Crippen molar-refractivity contribution in [1.82, 2.24) is 10.9 Å². The molecule has 0 saturated carbocycles. The molecule has 0 aliphatic carbocycles. The summed E-state index contributed by atoms with van der Waals surface area (Å²) in [5, 5.41) is 0. The van der Waals surface area contributed by atoms with E-state index in [0.29, 0.717) is 22.3 Å². The number of hydrogen-bond acceptors (Lipinski definition) is 5. The fourth-order valence-corrected chi connectivity index (χ4v) is 1.88. The molecule has 0 spiro atoms. The van der Waals surface area contributed by atoms with Gasteiger partial charge in [-0.05, 0) is 24.3 Å². The third kappa shape index (κ3) is 3.17. The van der Waals surface area contributed by atoms with E-state index in [4.69, 9.17) is 11.7 Å². The van der Waals surface area contributed by atoms with Crippen LogP contribution >= 0.6 is 0 Å². The molecular weight excluding hydrogens is 284 g/mol. The molecule has 0 radical (unpaired) electrons. The Kier molecular flexibility index (Phi) is 4.62. The van der Waals surface area contributed by atoms with Crippen LogP contribution in [0, 0.1) is 0 Å². The number of nitrogens with one attached hydrogen (secondary N) is 2. The summed E-state index contributed by atoms with van der Waals surface area (Å²) < 4.78 is 0. The highest BCUT2D eigenvalue weighted by molar-refractivity contribution is 6.09. The van der Waals surface area contributed by atoms with Crippen molar-refractivity contribution in [3.63, 3.8) is 0 Å². The van der Waals surface area contributed by atoms with Crippen molar-refractivity contribution in [3.8, 4) is 0 Å². The number of benzene rings is 2. The van der Waals surface area contributed by atoms with Gasteiger partial charge in [0.2, 0.25) is 0 Å². The van der Waals surface area contributed by atoms with Crippen LogP contribution in [0.5, 0.6) is 0 Å². The van der Waals surface area contributed by atoms with Gasteiger partial charge in [-0.15, -0.1) is 0 Å². The van der Waals surface area contributed by atoms with Crippen molar-refractivity contribution >= 4 is 17.6 Å². The van der Waals surface area contributed by atoms with Gasteiger partial charge in [0.25, 0.3) is 11.8 Å². The molecule has 7 nitrogen and oxygen atoms in total. The molecule has 0 aliphatic rings. The molecule has 0 unspecified atom stereocenters. The van der Waals surface area contributed by atoms with Crippen molar-refractivity contribution in [2.45, 2.75) is 0 Å². The average Bonchev–Trinajstić information content (AvgIpc) is 2.60. The topological polar surface area (TPSA) is 127 Å². The Hall–Kier alpha value is -3.03. The van der Waals surface area contributed by atoms with Crippen LogP contribution in [0.15, 0.2) is 48.5 Å². The Morgan fingerprint density at radius 3 is 1.14 bits per heavy atom. The van der Waals surface area contributed by atoms with Crippen LogP contribution in [-0.2, 0) is 0 Å². The van der Waals surface area contributed by atoms with Crippen LogP contribution in [0.25, 0.3) is 0 Å². The van der Waals surface area contributed by atoms with Gasteiger partial charge in [0.15, 0.2) is 5.78 Å². The van der Waals surface area contributed by atoms with Crippen molar-refractivity contribution < 1.29 is 14.4 Å². The standard InChI is InChI=1S/C15H14N4O3/c16-18-14(21)11-5-1-9(2-6-11)13(20)10-3-7-12(8-4-10)15(22)19-17/h1-8H,16-17H2,(H,18,21)(H,19,22). The maximum atomic E-state index is 12.3. The monoisotopic (exact) mass is 298 g/mol. The summed E-state index contributed by atoms with van der Waals surface area (Å²) in [6.45, 7) is 0. The molecule has 0 saturated heterocycles. The first-order valence-electron chi connectivity index (χ1n) is 6.33. The molecule has 0 atom stereocenters. The van der Waals surface area contributed by atoms with E-state index in [9.17, 15) is 14.4 Å². The second-order valence-electron chi connectivity index (χ2n) is 4.43. The van der Waals surface area contributed by atoms with Gasteiger partial charge in [-0.3, -0.25) is 25.2 Å². The first kappa shape index (κ1) is 15.4. The van der Waals surface area contributed by atoms with Crippen LogP contribution in [-0.4, -0.2) is 17.6 Å². The van der Waals surface area contributed by atoms with E-state index in [0.717, 1.165) is 0 Å². The minimum Gasteiger partial charge on any atom is -0.290 e. The molecule has 0 fully saturated rings. The molecule has 112 valence electrons. The average molecular weight is 298 g/mol. The Bertz CT molecular complexity index is 647. The number of nitrogen functional groups attached to an aromatic ring is 2. The quantitative estimate of drug-likeness (QED) is 0.276. The third-order valence-electron chi connectivity index (χ3n) is 3.08. The highest BCUT2D eigenvalue weighted by Gasteiger charge is 2.11. The zero-order chi connectivity index (χ0) is 16.1. The molecule has 0 aliphatic heterocycles. The molecule has 7 heteroatoms. The zero-order valence-corrected chi connectivity index (χ0v) is 11.5. The van der Waals surface area contributed by atoms with Gasteiger partial charge >= 0.3 is 0 Å². The first-order valence-corrected chi connectivity index (χ1v) is 6.33. The Balaban J connectivity index is 2.21. The minimum atomic E-state index is -0.434. The maximum absolute atomic E-state index is 12.3. The lowest BCUT2D eigenvalue weighted by Crippen LogP contribution is -2.30. The predicted octanol–water partition coefficient (Wildman–Crippen LogP) is 0.125. The van der Waals surface area contributed by atoms with E-state index in [1.165, 1.54) is 48.5 Å². The molecule has 2 amide bonds. The number of nitrogens with two attached hydrogens (primary N) is 2. The van der Waals surface area contributed by atoms with Gasteiger partial charge in [0.05, 0.1) is 0 Å². The van der Waals surface area contributed by atoms with Gasteiger partial charge in [-0.1, -0.05) is 24.3 Å². The second-order valence-corrected chi connectivity index (χ2v) is 4.43. The smallest absolute Gasteiger partial charge is 0.265 e. The van der Waals surface area contributed by atoms with Crippen molar-refractivity contribution in [3.05, 3.63) is 70.8 Å². The normalized spacial score (nSPS) is 9.91. The number of ketones is 1. The van der Waals surface area contributed by atoms with Gasteiger partial charge in [-0.25, -0.2) is 11.7 Å². The second kappa shape index (κ2) is 6.61. The summed E-state index contributed by atoms with van der Waals surface area (Å²) in [6.07, 6.45) is 0. The minimum absolute atomic E-state index is 0.223. The van der Waals surface area contributed by atoms with Crippen LogP contribution in [0.3, 0.4) is 0 Å². The van der Waals surface area contributed by atoms with E-state index in [1.807, 2.05) is 10.9 Å². The number of hydrogen-bond donors (Lipinski definition) is 4. The summed E-state index contributed by atoms with van der Waals surface area (Å²) in [7, 11) is 0. The summed E-state index contributed by atoms with van der Waals surface area (Å²) in [6, 6.07) is 12.2. The van der Waals surface area contributed by atoms with E-state index in [2.05, 4.69) is 0 Å². The van der Waals surface area contributed by atoms with Crippen LogP contribution in [0.2, 0.25) is 0 Å².